The highest BCUT2D eigenvalue weighted by molar-refractivity contribution is 7.00. The number of aryl methyl sites for hydroxylation is 1. The van der Waals surface area contributed by atoms with E-state index in [0.717, 1.165) is 22.2 Å². The number of pyridine rings is 1. The summed E-state index contributed by atoms with van der Waals surface area (Å²) in [6.45, 7) is 0.477. The normalized spacial score (nSPS) is 10.8. The van der Waals surface area contributed by atoms with E-state index in [1.54, 1.807) is 0 Å². The molecule has 0 aliphatic carbocycles. The van der Waals surface area contributed by atoms with Crippen molar-refractivity contribution in [3.05, 3.63) is 42.7 Å². The number of carboxylic acid groups (broad SMARTS) is 1. The van der Waals surface area contributed by atoms with Gasteiger partial charge in [-0.2, -0.15) is 8.75 Å². The maximum Gasteiger partial charge on any atom is 0.309 e. The van der Waals surface area contributed by atoms with Gasteiger partial charge in [-0.3, -0.25) is 4.79 Å². The van der Waals surface area contributed by atoms with Crippen molar-refractivity contribution in [3.8, 4) is 11.1 Å². The second kappa shape index (κ2) is 5.34. The van der Waals surface area contributed by atoms with Gasteiger partial charge in [0.15, 0.2) is 18.9 Å². The minimum Gasteiger partial charge on any atom is -0.481 e. The van der Waals surface area contributed by atoms with Crippen molar-refractivity contribution in [3.63, 3.8) is 0 Å². The fourth-order valence-corrected chi connectivity index (χ4v) is 2.50. The SMILES string of the molecule is O=C(O)CC[n+]1ccc(-c2ccc3nsnc3c2)cc1. The first-order chi connectivity index (χ1) is 9.72. The molecular formula is C14H12N3O2S+. The highest BCUT2D eigenvalue weighted by Gasteiger charge is 2.07. The van der Waals surface area contributed by atoms with Crippen molar-refractivity contribution in [1.29, 1.82) is 0 Å². The summed E-state index contributed by atoms with van der Waals surface area (Å²) in [4.78, 5) is 10.5. The van der Waals surface area contributed by atoms with E-state index in [0.29, 0.717) is 6.54 Å². The summed E-state index contributed by atoms with van der Waals surface area (Å²) >= 11 is 1.21. The van der Waals surface area contributed by atoms with E-state index in [2.05, 4.69) is 8.75 Å². The number of hydrogen-bond donors (Lipinski definition) is 1. The summed E-state index contributed by atoms with van der Waals surface area (Å²) in [5.41, 5.74) is 3.96. The molecule has 0 aliphatic rings. The van der Waals surface area contributed by atoms with Crippen LogP contribution in [0.3, 0.4) is 0 Å². The van der Waals surface area contributed by atoms with Gasteiger partial charge in [0.05, 0.1) is 11.7 Å². The molecule has 0 saturated carbocycles. The van der Waals surface area contributed by atoms with Crippen LogP contribution in [0.1, 0.15) is 6.42 Å². The lowest BCUT2D eigenvalue weighted by molar-refractivity contribution is -0.695. The Kier molecular flexibility index (Phi) is 3.39. The van der Waals surface area contributed by atoms with E-state index >= 15 is 0 Å². The monoisotopic (exact) mass is 286 g/mol. The minimum atomic E-state index is -0.789. The van der Waals surface area contributed by atoms with E-state index < -0.39 is 5.97 Å². The Morgan fingerprint density at radius 1 is 1.10 bits per heavy atom. The molecule has 20 heavy (non-hydrogen) atoms. The number of hydrogen-bond acceptors (Lipinski definition) is 4. The van der Waals surface area contributed by atoms with Crippen LogP contribution >= 0.6 is 11.7 Å². The maximum absolute atomic E-state index is 10.5. The largest absolute Gasteiger partial charge is 0.481 e. The van der Waals surface area contributed by atoms with Gasteiger partial charge >= 0.3 is 5.97 Å². The number of rotatable bonds is 4. The van der Waals surface area contributed by atoms with Gasteiger partial charge in [-0.1, -0.05) is 6.07 Å². The van der Waals surface area contributed by atoms with E-state index in [1.165, 1.54) is 11.7 Å². The van der Waals surface area contributed by atoms with Gasteiger partial charge in [0.25, 0.3) is 0 Å². The Morgan fingerprint density at radius 2 is 1.85 bits per heavy atom. The zero-order valence-electron chi connectivity index (χ0n) is 10.6. The molecule has 0 radical (unpaired) electrons. The first-order valence-corrected chi connectivity index (χ1v) is 6.89. The van der Waals surface area contributed by atoms with Crippen molar-refractivity contribution in [1.82, 2.24) is 8.75 Å². The van der Waals surface area contributed by atoms with Gasteiger partial charge in [-0.25, -0.2) is 4.57 Å². The van der Waals surface area contributed by atoms with Gasteiger partial charge < -0.3 is 5.11 Å². The Bertz CT molecular complexity index is 752. The van der Waals surface area contributed by atoms with Gasteiger partial charge in [0.1, 0.15) is 17.5 Å². The number of carboxylic acids is 1. The number of aromatic nitrogens is 3. The third kappa shape index (κ3) is 2.65. The summed E-state index contributed by atoms with van der Waals surface area (Å²) in [7, 11) is 0. The lowest BCUT2D eigenvalue weighted by Gasteiger charge is -2.00. The van der Waals surface area contributed by atoms with Crippen molar-refractivity contribution < 1.29 is 14.5 Å². The fraction of sp³-hybridized carbons (Fsp3) is 0.143. The zero-order valence-corrected chi connectivity index (χ0v) is 11.4. The number of benzene rings is 1. The molecule has 2 heterocycles. The molecule has 0 spiro atoms. The minimum absolute atomic E-state index is 0.125. The van der Waals surface area contributed by atoms with E-state index in [9.17, 15) is 4.79 Å². The van der Waals surface area contributed by atoms with Crippen LogP contribution < -0.4 is 4.57 Å². The Labute approximate surface area is 119 Å². The molecule has 3 rings (SSSR count). The average molecular weight is 286 g/mol. The third-order valence-electron chi connectivity index (χ3n) is 3.06. The van der Waals surface area contributed by atoms with Crippen molar-refractivity contribution >= 4 is 28.7 Å². The van der Waals surface area contributed by atoms with Crippen LogP contribution in [0.2, 0.25) is 0 Å². The predicted molar refractivity (Wildman–Crippen MR) is 75.3 cm³/mol. The molecule has 5 nitrogen and oxygen atoms in total. The topological polar surface area (TPSA) is 67.0 Å². The molecule has 6 heteroatoms. The lowest BCUT2D eigenvalue weighted by atomic mass is 10.1. The molecule has 1 N–H and O–H groups in total. The molecule has 0 bridgehead atoms. The van der Waals surface area contributed by atoms with Crippen molar-refractivity contribution in [2.45, 2.75) is 13.0 Å². The molecule has 1 aromatic carbocycles. The van der Waals surface area contributed by atoms with Crippen LogP contribution in [0.15, 0.2) is 42.7 Å². The van der Waals surface area contributed by atoms with Gasteiger partial charge in [-0.15, -0.1) is 0 Å². The average Bonchev–Trinajstić information content (AvgIpc) is 2.93. The van der Waals surface area contributed by atoms with E-state index in [-0.39, 0.29) is 6.42 Å². The quantitative estimate of drug-likeness (QED) is 0.746. The van der Waals surface area contributed by atoms with Crippen LogP contribution in [-0.4, -0.2) is 19.8 Å². The second-order valence-electron chi connectivity index (χ2n) is 4.44. The van der Waals surface area contributed by atoms with Crippen LogP contribution in [-0.2, 0) is 11.3 Å². The van der Waals surface area contributed by atoms with Crippen LogP contribution in [0.25, 0.3) is 22.2 Å². The van der Waals surface area contributed by atoms with E-state index in [4.69, 9.17) is 5.11 Å². The van der Waals surface area contributed by atoms with Crippen molar-refractivity contribution in [2.75, 3.05) is 0 Å². The van der Waals surface area contributed by atoms with Crippen molar-refractivity contribution in [2.24, 2.45) is 0 Å². The highest BCUT2D eigenvalue weighted by Crippen LogP contribution is 2.22. The molecular weight excluding hydrogens is 274 g/mol. The van der Waals surface area contributed by atoms with E-state index in [1.807, 2.05) is 47.3 Å². The first kappa shape index (κ1) is 12.7. The number of fused-ring (bicyclic) bond motifs is 1. The maximum atomic E-state index is 10.5. The standard InChI is InChI=1S/C14H11N3O2S/c18-14(19)5-8-17-6-3-10(4-7-17)11-1-2-12-13(9-11)16-20-15-12/h1-4,6-7,9H,5,8H2/p+1. The zero-order chi connectivity index (χ0) is 13.9. The summed E-state index contributed by atoms with van der Waals surface area (Å²) in [6, 6.07) is 9.93. The Hall–Kier alpha value is -2.34. The molecule has 0 unspecified atom stereocenters. The van der Waals surface area contributed by atoms with Crippen LogP contribution in [0.4, 0.5) is 0 Å². The Morgan fingerprint density at radius 3 is 2.60 bits per heavy atom. The molecule has 3 aromatic rings. The highest BCUT2D eigenvalue weighted by atomic mass is 32.1. The number of aliphatic carboxylic acids is 1. The molecule has 0 saturated heterocycles. The number of nitrogens with zero attached hydrogens (tertiary/aromatic N) is 3. The summed E-state index contributed by atoms with van der Waals surface area (Å²) in [5, 5.41) is 8.66. The molecule has 0 atom stereocenters. The van der Waals surface area contributed by atoms with Crippen LogP contribution in [0.5, 0.6) is 0 Å². The molecule has 0 fully saturated rings. The van der Waals surface area contributed by atoms with Gasteiger partial charge in [-0.05, 0) is 23.3 Å². The first-order valence-electron chi connectivity index (χ1n) is 6.16. The second-order valence-corrected chi connectivity index (χ2v) is 4.96. The molecule has 2 aromatic heterocycles. The number of carbonyl (C=O) groups is 1. The van der Waals surface area contributed by atoms with Gasteiger partial charge in [0.2, 0.25) is 0 Å². The summed E-state index contributed by atoms with van der Waals surface area (Å²) < 4.78 is 10.3. The molecule has 0 amide bonds. The molecule has 0 aliphatic heterocycles. The predicted octanol–water partition coefficient (Wildman–Crippen LogP) is 2.12. The lowest BCUT2D eigenvalue weighted by Crippen LogP contribution is -2.33. The van der Waals surface area contributed by atoms with Gasteiger partial charge in [0, 0.05) is 12.1 Å². The molecule has 100 valence electrons. The third-order valence-corrected chi connectivity index (χ3v) is 3.62. The Balaban J connectivity index is 1.84. The fourth-order valence-electron chi connectivity index (χ4n) is 1.99. The van der Waals surface area contributed by atoms with Crippen LogP contribution in [0, 0.1) is 0 Å². The smallest absolute Gasteiger partial charge is 0.309 e. The summed E-state index contributed by atoms with van der Waals surface area (Å²) in [6.07, 6.45) is 3.91. The summed E-state index contributed by atoms with van der Waals surface area (Å²) in [5.74, 6) is -0.789.